The molecule has 0 N–H and O–H groups in total. The van der Waals surface area contributed by atoms with E-state index in [-0.39, 0.29) is 17.9 Å². The molecular weight excluding hydrogens is 721 g/mol. The van der Waals surface area contributed by atoms with Crippen LogP contribution in [0.5, 0.6) is 0 Å². The maximum atomic E-state index is 6.80. The molecule has 0 saturated heterocycles. The molecule has 5 nitrogen and oxygen atoms in total. The molecule has 0 aliphatic carbocycles. The van der Waals surface area contributed by atoms with Gasteiger partial charge < -0.3 is 4.42 Å². The Kier molecular flexibility index (Phi) is 8.93. The molecule has 5 aromatic carbocycles. The number of furan rings is 1. The third-order valence-corrected chi connectivity index (χ3v) is 13.3. The first-order valence-electron chi connectivity index (χ1n) is 21.8. The van der Waals surface area contributed by atoms with Gasteiger partial charge in [-0.3, -0.25) is 0 Å². The summed E-state index contributed by atoms with van der Waals surface area (Å²) in [7, 11) is 0. The zero-order valence-electron chi connectivity index (χ0n) is 35.8. The van der Waals surface area contributed by atoms with Crippen LogP contribution in [0.15, 0.2) is 133 Å². The van der Waals surface area contributed by atoms with Crippen LogP contribution in [0, 0.1) is 0 Å². The van der Waals surface area contributed by atoms with E-state index in [0.717, 1.165) is 40.9 Å². The molecule has 5 heterocycles. The molecule has 2 unspecified atom stereocenters. The lowest BCUT2D eigenvalue weighted by Crippen LogP contribution is -2.48. The molecule has 0 amide bonds. The van der Waals surface area contributed by atoms with Gasteiger partial charge >= 0.3 is 0 Å². The van der Waals surface area contributed by atoms with Crippen molar-refractivity contribution < 1.29 is 13.6 Å². The number of imidazole rings is 2. The minimum atomic E-state index is -0.0218. The number of hydrogen-bond donors (Lipinski definition) is 0. The van der Waals surface area contributed by atoms with E-state index in [1.54, 1.807) is 0 Å². The number of aromatic nitrogens is 4. The molecule has 5 heteroatoms. The number of benzene rings is 5. The van der Waals surface area contributed by atoms with Crippen LogP contribution in [-0.2, 0) is 6.42 Å². The van der Waals surface area contributed by atoms with Crippen LogP contribution in [0.3, 0.4) is 0 Å². The minimum absolute atomic E-state index is 0.0218. The smallest absolute Gasteiger partial charge is 0.299 e. The predicted molar refractivity (Wildman–Crippen MR) is 242 cm³/mol. The van der Waals surface area contributed by atoms with Gasteiger partial charge in [0.1, 0.15) is 53.0 Å². The molecule has 296 valence electrons. The second-order valence-corrected chi connectivity index (χ2v) is 18.2. The third-order valence-electron chi connectivity index (χ3n) is 13.3. The van der Waals surface area contributed by atoms with E-state index in [1.165, 1.54) is 67.1 Å². The van der Waals surface area contributed by atoms with E-state index in [1.807, 2.05) is 0 Å². The molecule has 59 heavy (non-hydrogen) atoms. The van der Waals surface area contributed by atoms with Crippen molar-refractivity contribution in [3.63, 3.8) is 0 Å². The van der Waals surface area contributed by atoms with Crippen molar-refractivity contribution in [3.8, 4) is 34.2 Å². The summed E-state index contributed by atoms with van der Waals surface area (Å²) < 4.78 is 16.7. The van der Waals surface area contributed by atoms with Gasteiger partial charge in [0, 0.05) is 28.0 Å². The fraction of sp³-hybridized carbons (Fsp3) is 0.296. The van der Waals surface area contributed by atoms with Gasteiger partial charge in [0.15, 0.2) is 6.04 Å². The fourth-order valence-corrected chi connectivity index (χ4v) is 10.5. The van der Waals surface area contributed by atoms with Crippen molar-refractivity contribution in [2.75, 3.05) is 0 Å². The molecule has 0 spiro atoms. The van der Waals surface area contributed by atoms with Crippen LogP contribution in [0.25, 0.3) is 61.8 Å². The zero-order valence-corrected chi connectivity index (χ0v) is 35.8. The maximum Gasteiger partial charge on any atom is 0.299 e. The van der Waals surface area contributed by atoms with E-state index >= 15 is 0 Å². The minimum Gasteiger partial charge on any atom is -0.456 e. The summed E-state index contributed by atoms with van der Waals surface area (Å²) in [5.41, 5.74) is 16.1. The molecule has 10 rings (SSSR count). The van der Waals surface area contributed by atoms with Gasteiger partial charge in [-0.15, -0.1) is 0 Å². The van der Waals surface area contributed by atoms with E-state index in [4.69, 9.17) is 11.0 Å². The summed E-state index contributed by atoms with van der Waals surface area (Å²) in [6, 6.07) is 36.1. The summed E-state index contributed by atoms with van der Waals surface area (Å²) in [6.07, 6.45) is 11.2. The Bertz CT molecular complexity index is 2920. The predicted octanol–water partition coefficient (Wildman–Crippen LogP) is 13.3. The van der Waals surface area contributed by atoms with Gasteiger partial charge in [-0.2, -0.15) is 13.7 Å². The SMILES string of the molecule is C=C1C2C(CCc3ccccc3-c3n1cc[n+]3-c1c(C(C)C)cc(C(C)C)c3oc4ccccc4c13)c1ccccc1-c1n(-c3c(C(C)C)cccc3C(C)C)cc[n+]12. The average molecular weight is 777 g/mol. The van der Waals surface area contributed by atoms with E-state index in [9.17, 15) is 0 Å². The first-order chi connectivity index (χ1) is 28.5. The van der Waals surface area contributed by atoms with Crippen molar-refractivity contribution in [2.45, 2.75) is 104 Å². The summed E-state index contributed by atoms with van der Waals surface area (Å²) in [6.45, 7) is 23.6. The zero-order chi connectivity index (χ0) is 40.9. The highest BCUT2D eigenvalue weighted by molar-refractivity contribution is 6.10. The van der Waals surface area contributed by atoms with Crippen molar-refractivity contribution in [3.05, 3.63) is 162 Å². The monoisotopic (exact) mass is 776 g/mol. The Hall–Kier alpha value is -5.94. The second-order valence-electron chi connectivity index (χ2n) is 18.2. The van der Waals surface area contributed by atoms with Crippen LogP contribution in [-0.4, -0.2) is 9.13 Å². The number of fused-ring (bicyclic) bond motifs is 12. The molecule has 2 atom stereocenters. The quantitative estimate of drug-likeness (QED) is 0.155. The van der Waals surface area contributed by atoms with Gasteiger partial charge in [-0.05, 0) is 77.5 Å². The number of para-hydroxylation sites is 2. The van der Waals surface area contributed by atoms with Crippen LogP contribution in [0.1, 0.15) is 131 Å². The Labute approximate surface area is 348 Å². The number of rotatable bonds is 6. The van der Waals surface area contributed by atoms with Gasteiger partial charge in [-0.1, -0.05) is 135 Å². The maximum absolute atomic E-state index is 6.80. The molecule has 0 fully saturated rings. The number of nitrogens with zero attached hydrogens (tertiary/aromatic N) is 4. The Morgan fingerprint density at radius 2 is 1.29 bits per heavy atom. The lowest BCUT2D eigenvalue weighted by molar-refractivity contribution is -0.703. The Morgan fingerprint density at radius 3 is 2.02 bits per heavy atom. The molecule has 0 bridgehead atoms. The van der Waals surface area contributed by atoms with Crippen LogP contribution < -0.4 is 9.13 Å². The molecule has 0 saturated carbocycles. The van der Waals surface area contributed by atoms with Crippen LogP contribution in [0.2, 0.25) is 0 Å². The van der Waals surface area contributed by atoms with Crippen molar-refractivity contribution in [2.24, 2.45) is 0 Å². The van der Waals surface area contributed by atoms with Crippen LogP contribution >= 0.6 is 0 Å². The molecule has 8 aromatic rings. The van der Waals surface area contributed by atoms with Gasteiger partial charge in [0.2, 0.25) is 0 Å². The van der Waals surface area contributed by atoms with Gasteiger partial charge in [0.05, 0.1) is 16.5 Å². The first-order valence-corrected chi connectivity index (χ1v) is 21.8. The highest BCUT2D eigenvalue weighted by Gasteiger charge is 2.46. The Morgan fingerprint density at radius 1 is 0.644 bits per heavy atom. The van der Waals surface area contributed by atoms with E-state index in [2.05, 4.69) is 196 Å². The highest BCUT2D eigenvalue weighted by Crippen LogP contribution is 2.48. The third kappa shape index (κ3) is 5.64. The van der Waals surface area contributed by atoms with Crippen molar-refractivity contribution >= 4 is 27.6 Å². The Balaban J connectivity index is 1.26. The van der Waals surface area contributed by atoms with Gasteiger partial charge in [0.25, 0.3) is 11.6 Å². The topological polar surface area (TPSA) is 30.8 Å². The first kappa shape index (κ1) is 37.3. The summed E-state index contributed by atoms with van der Waals surface area (Å²) in [5, 5.41) is 2.33. The summed E-state index contributed by atoms with van der Waals surface area (Å²) in [5.74, 6) is 3.89. The molecule has 0 radical (unpaired) electrons. The standard InChI is InChI=1S/C54H56N4O/c1-32(2)38-22-16-23-39(33(3)4)50(38)57-30-29-56-49-36(9)55-27-28-58(51-45(34(5)6)31-46(35(7)8)52-48(51)44-21-14-15-24-47(44)59-52)53(55)40-18-11-10-17-37(40)25-26-42(49)41-19-12-13-20-43(41)54(56)57/h10-24,27-35,42,49H,9,25-26H2,1-8H3/q+2. The van der Waals surface area contributed by atoms with Gasteiger partial charge in [-0.25, -0.2) is 4.57 Å². The normalized spacial score (nSPS) is 16.3. The van der Waals surface area contributed by atoms with Crippen molar-refractivity contribution in [1.29, 1.82) is 0 Å². The number of hydrogen-bond acceptors (Lipinski definition) is 1. The number of allylic oxidation sites excluding steroid dienone is 1. The lowest BCUT2D eigenvalue weighted by Gasteiger charge is -2.31. The highest BCUT2D eigenvalue weighted by atomic mass is 16.3. The summed E-state index contributed by atoms with van der Waals surface area (Å²) in [4.78, 5) is 0. The lowest BCUT2D eigenvalue weighted by atomic mass is 9.79. The van der Waals surface area contributed by atoms with E-state index < -0.39 is 0 Å². The van der Waals surface area contributed by atoms with Crippen molar-refractivity contribution in [1.82, 2.24) is 9.13 Å². The molecular formula is C54H56N4O+2. The number of aryl methyl sites for hydroxylation is 1. The largest absolute Gasteiger partial charge is 0.456 e. The molecule has 2 aliphatic rings. The molecule has 3 aromatic heterocycles. The average Bonchev–Trinajstić information content (AvgIpc) is 3.97. The second kappa shape index (κ2) is 14.1. The summed E-state index contributed by atoms with van der Waals surface area (Å²) >= 11 is 0. The van der Waals surface area contributed by atoms with Crippen LogP contribution in [0.4, 0.5) is 0 Å². The molecule has 2 aliphatic heterocycles. The van der Waals surface area contributed by atoms with E-state index in [0.29, 0.717) is 17.8 Å². The fourth-order valence-electron chi connectivity index (χ4n) is 10.5.